The first kappa shape index (κ1) is 13.8. The van der Waals surface area contributed by atoms with Crippen LogP contribution in [0.5, 0.6) is 0 Å². The molecule has 2 aromatic rings. The lowest BCUT2D eigenvalue weighted by molar-refractivity contribution is 0.0703. The van der Waals surface area contributed by atoms with Crippen LogP contribution < -0.4 is 0 Å². The van der Waals surface area contributed by atoms with Crippen molar-refractivity contribution in [3.63, 3.8) is 0 Å². The third-order valence-corrected chi connectivity index (χ3v) is 4.12. The summed E-state index contributed by atoms with van der Waals surface area (Å²) in [5.41, 5.74) is 1.93. The van der Waals surface area contributed by atoms with Gasteiger partial charge in [0.05, 0.1) is 0 Å². The third-order valence-electron chi connectivity index (χ3n) is 4.12. The van der Waals surface area contributed by atoms with Crippen molar-refractivity contribution in [2.75, 3.05) is 13.1 Å². The minimum atomic E-state index is 0.113. The van der Waals surface area contributed by atoms with E-state index in [9.17, 15) is 4.79 Å². The molecule has 0 saturated carbocycles. The minimum Gasteiger partial charge on any atom is -0.338 e. The summed E-state index contributed by atoms with van der Waals surface area (Å²) in [5.74, 6) is 1.36. The van der Waals surface area contributed by atoms with Gasteiger partial charge in [0.1, 0.15) is 12.2 Å². The topological polar surface area (TPSA) is 51.0 Å². The summed E-state index contributed by atoms with van der Waals surface area (Å²) in [5, 5.41) is 8.14. The zero-order chi connectivity index (χ0) is 14.8. The molecule has 1 fully saturated rings. The Labute approximate surface area is 124 Å². The maximum Gasteiger partial charge on any atom is 0.253 e. The van der Waals surface area contributed by atoms with Crippen LogP contribution in [0.15, 0.2) is 30.6 Å². The zero-order valence-electron chi connectivity index (χ0n) is 12.5. The number of piperidine rings is 1. The van der Waals surface area contributed by atoms with Crippen LogP contribution in [0.1, 0.15) is 40.5 Å². The van der Waals surface area contributed by atoms with Crippen molar-refractivity contribution in [2.24, 2.45) is 7.05 Å². The minimum absolute atomic E-state index is 0.113. The van der Waals surface area contributed by atoms with Crippen LogP contribution in [0.2, 0.25) is 0 Å². The fourth-order valence-electron chi connectivity index (χ4n) is 2.91. The van der Waals surface area contributed by atoms with E-state index >= 15 is 0 Å². The van der Waals surface area contributed by atoms with Crippen LogP contribution >= 0.6 is 0 Å². The first-order valence-corrected chi connectivity index (χ1v) is 7.35. The molecule has 0 bridgehead atoms. The van der Waals surface area contributed by atoms with Gasteiger partial charge in [-0.2, -0.15) is 0 Å². The Morgan fingerprint density at radius 3 is 2.71 bits per heavy atom. The van der Waals surface area contributed by atoms with Gasteiger partial charge in [-0.15, -0.1) is 10.2 Å². The maximum atomic E-state index is 12.6. The van der Waals surface area contributed by atoms with Crippen molar-refractivity contribution in [3.8, 4) is 0 Å². The molecule has 5 nitrogen and oxygen atoms in total. The smallest absolute Gasteiger partial charge is 0.253 e. The molecule has 0 radical (unpaired) electrons. The molecule has 110 valence electrons. The fraction of sp³-hybridized carbons (Fsp3) is 0.438. The highest BCUT2D eigenvalue weighted by Crippen LogP contribution is 2.26. The van der Waals surface area contributed by atoms with Gasteiger partial charge in [0.15, 0.2) is 0 Å². The summed E-state index contributed by atoms with van der Waals surface area (Å²) in [6.07, 6.45) is 3.79. The van der Waals surface area contributed by atoms with E-state index in [2.05, 4.69) is 10.2 Å². The lowest BCUT2D eigenvalue weighted by atomic mass is 9.96. The van der Waals surface area contributed by atoms with Crippen LogP contribution in [0.3, 0.4) is 0 Å². The van der Waals surface area contributed by atoms with Gasteiger partial charge in [0.2, 0.25) is 0 Å². The van der Waals surface area contributed by atoms with Crippen LogP contribution in [0.25, 0.3) is 0 Å². The van der Waals surface area contributed by atoms with Crippen molar-refractivity contribution in [3.05, 3.63) is 47.5 Å². The van der Waals surface area contributed by atoms with E-state index in [0.717, 1.165) is 37.3 Å². The molecule has 1 aromatic heterocycles. The molecule has 0 spiro atoms. The largest absolute Gasteiger partial charge is 0.338 e. The molecule has 1 unspecified atom stereocenters. The molecule has 1 amide bonds. The lowest BCUT2D eigenvalue weighted by Gasteiger charge is -2.32. The van der Waals surface area contributed by atoms with Gasteiger partial charge in [-0.25, -0.2) is 0 Å². The van der Waals surface area contributed by atoms with E-state index in [0.29, 0.717) is 0 Å². The van der Waals surface area contributed by atoms with E-state index in [1.165, 1.54) is 5.56 Å². The van der Waals surface area contributed by atoms with E-state index in [1.807, 2.05) is 47.7 Å². The predicted octanol–water partition coefficient (Wildman–Crippen LogP) is 2.14. The van der Waals surface area contributed by atoms with Crippen molar-refractivity contribution in [1.29, 1.82) is 0 Å². The highest BCUT2D eigenvalue weighted by Gasteiger charge is 2.27. The normalized spacial score (nSPS) is 18.8. The molecule has 2 heterocycles. The highest BCUT2D eigenvalue weighted by atomic mass is 16.2. The summed E-state index contributed by atoms with van der Waals surface area (Å²) >= 11 is 0. The first-order chi connectivity index (χ1) is 10.1. The number of nitrogens with zero attached hydrogens (tertiary/aromatic N) is 4. The molecule has 5 heteroatoms. The molecule has 1 saturated heterocycles. The van der Waals surface area contributed by atoms with E-state index in [-0.39, 0.29) is 11.8 Å². The SMILES string of the molecule is Cc1ccc(C(=O)N2CCCC(c3nncn3C)C2)cc1. The van der Waals surface area contributed by atoms with E-state index in [1.54, 1.807) is 6.33 Å². The number of hydrogen-bond acceptors (Lipinski definition) is 3. The molecule has 0 N–H and O–H groups in total. The number of carbonyl (C=O) groups is 1. The number of benzene rings is 1. The Balaban J connectivity index is 1.75. The molecule has 1 aliphatic rings. The Kier molecular flexibility index (Phi) is 3.73. The number of aromatic nitrogens is 3. The number of rotatable bonds is 2. The number of aryl methyl sites for hydroxylation is 2. The fourth-order valence-corrected chi connectivity index (χ4v) is 2.91. The standard InChI is InChI=1S/C16H20N4O/c1-12-5-7-13(8-6-12)16(21)20-9-3-4-14(10-20)15-18-17-11-19(15)2/h5-8,11,14H,3-4,9-10H2,1-2H3. The lowest BCUT2D eigenvalue weighted by Crippen LogP contribution is -2.39. The summed E-state index contributed by atoms with van der Waals surface area (Å²) in [6.45, 7) is 3.57. The van der Waals surface area contributed by atoms with Gasteiger partial charge in [0.25, 0.3) is 5.91 Å². The van der Waals surface area contributed by atoms with Crippen LogP contribution in [-0.2, 0) is 7.05 Å². The number of hydrogen-bond donors (Lipinski definition) is 0. The van der Waals surface area contributed by atoms with Gasteiger partial charge < -0.3 is 9.47 Å². The quantitative estimate of drug-likeness (QED) is 0.849. The average molecular weight is 284 g/mol. The molecule has 1 aliphatic heterocycles. The number of likely N-dealkylation sites (tertiary alicyclic amines) is 1. The summed E-state index contributed by atoms with van der Waals surface area (Å²) < 4.78 is 1.95. The summed E-state index contributed by atoms with van der Waals surface area (Å²) in [7, 11) is 1.95. The van der Waals surface area contributed by atoms with Crippen molar-refractivity contribution in [1.82, 2.24) is 19.7 Å². The molecule has 0 aliphatic carbocycles. The second-order valence-electron chi connectivity index (χ2n) is 5.76. The molecule has 1 aromatic carbocycles. The monoisotopic (exact) mass is 284 g/mol. The summed E-state index contributed by atoms with van der Waals surface area (Å²) in [6, 6.07) is 7.78. The van der Waals surface area contributed by atoms with Gasteiger partial charge in [-0.05, 0) is 31.9 Å². The van der Waals surface area contributed by atoms with Gasteiger partial charge in [0, 0.05) is 31.6 Å². The van der Waals surface area contributed by atoms with Crippen LogP contribution in [0, 0.1) is 6.92 Å². The molecular formula is C16H20N4O. The maximum absolute atomic E-state index is 12.6. The molecule has 1 atom stereocenters. The zero-order valence-corrected chi connectivity index (χ0v) is 12.5. The van der Waals surface area contributed by atoms with Crippen LogP contribution in [-0.4, -0.2) is 38.7 Å². The average Bonchev–Trinajstić information content (AvgIpc) is 2.94. The van der Waals surface area contributed by atoms with E-state index in [4.69, 9.17) is 0 Å². The molecular weight excluding hydrogens is 264 g/mol. The highest BCUT2D eigenvalue weighted by molar-refractivity contribution is 5.94. The first-order valence-electron chi connectivity index (χ1n) is 7.35. The predicted molar refractivity (Wildman–Crippen MR) is 80.1 cm³/mol. The second kappa shape index (κ2) is 5.68. The van der Waals surface area contributed by atoms with Crippen molar-refractivity contribution in [2.45, 2.75) is 25.7 Å². The Bertz CT molecular complexity index is 632. The second-order valence-corrected chi connectivity index (χ2v) is 5.76. The van der Waals surface area contributed by atoms with Crippen molar-refractivity contribution >= 4 is 5.91 Å². The van der Waals surface area contributed by atoms with Crippen molar-refractivity contribution < 1.29 is 4.79 Å². The third kappa shape index (κ3) is 2.82. The summed E-state index contributed by atoms with van der Waals surface area (Å²) in [4.78, 5) is 14.5. The Morgan fingerprint density at radius 2 is 2.05 bits per heavy atom. The Hall–Kier alpha value is -2.17. The van der Waals surface area contributed by atoms with E-state index < -0.39 is 0 Å². The van der Waals surface area contributed by atoms with Gasteiger partial charge in [-0.1, -0.05) is 17.7 Å². The van der Waals surface area contributed by atoms with Crippen LogP contribution in [0.4, 0.5) is 0 Å². The Morgan fingerprint density at radius 1 is 1.29 bits per heavy atom. The van der Waals surface area contributed by atoms with Gasteiger partial charge >= 0.3 is 0 Å². The van der Waals surface area contributed by atoms with Gasteiger partial charge in [-0.3, -0.25) is 4.79 Å². The molecule has 21 heavy (non-hydrogen) atoms. The number of carbonyl (C=O) groups excluding carboxylic acids is 1. The number of amides is 1. The molecule has 3 rings (SSSR count).